The highest BCUT2D eigenvalue weighted by Gasteiger charge is 2.22. The quantitative estimate of drug-likeness (QED) is 0.692. The average Bonchev–Trinajstić information content (AvgIpc) is 2.43. The van der Waals surface area contributed by atoms with E-state index in [1.54, 1.807) is 0 Å². The van der Waals surface area contributed by atoms with Gasteiger partial charge in [0.05, 0.1) is 11.4 Å². The van der Waals surface area contributed by atoms with Crippen LogP contribution in [0.4, 0.5) is 11.4 Å². The Morgan fingerprint density at radius 3 is 2.68 bits per heavy atom. The summed E-state index contributed by atoms with van der Waals surface area (Å²) in [5, 5.41) is 0. The zero-order chi connectivity index (χ0) is 13.2. The van der Waals surface area contributed by atoms with Gasteiger partial charge >= 0.3 is 0 Å². The number of halogens is 1. The second kappa shape index (κ2) is 5.59. The first-order valence-corrected chi connectivity index (χ1v) is 8.24. The van der Waals surface area contributed by atoms with Crippen LogP contribution in [0.5, 0.6) is 0 Å². The number of para-hydroxylation sites is 1. The average molecular weight is 334 g/mol. The van der Waals surface area contributed by atoms with Crippen molar-refractivity contribution in [2.45, 2.75) is 29.6 Å². The highest BCUT2D eigenvalue weighted by Crippen LogP contribution is 2.48. The number of hydrogen-bond donors (Lipinski definition) is 0. The van der Waals surface area contributed by atoms with Gasteiger partial charge in [0.1, 0.15) is 0 Å². The van der Waals surface area contributed by atoms with Crippen molar-refractivity contribution in [1.82, 2.24) is 0 Å². The molecule has 2 aromatic carbocycles. The Balaban J connectivity index is 2.07. The molecule has 0 radical (unpaired) electrons. The van der Waals surface area contributed by atoms with Crippen LogP contribution in [0.15, 0.2) is 56.7 Å². The van der Waals surface area contributed by atoms with Gasteiger partial charge in [0.2, 0.25) is 0 Å². The Morgan fingerprint density at radius 1 is 1.05 bits per heavy atom. The molecule has 3 rings (SSSR count). The lowest BCUT2D eigenvalue weighted by Gasteiger charge is -2.32. The second-order valence-electron chi connectivity index (χ2n) is 4.69. The molecule has 1 aliphatic rings. The molecule has 0 saturated carbocycles. The van der Waals surface area contributed by atoms with Crippen LogP contribution >= 0.6 is 27.7 Å². The van der Waals surface area contributed by atoms with Gasteiger partial charge in [0, 0.05) is 20.8 Å². The SMILES string of the molecule is CCCCN1c2ccccc2Sc2cc(Br)ccc21. The van der Waals surface area contributed by atoms with Crippen molar-refractivity contribution in [3.8, 4) is 0 Å². The molecule has 2 aromatic rings. The van der Waals surface area contributed by atoms with Crippen molar-refractivity contribution in [3.05, 3.63) is 46.9 Å². The minimum absolute atomic E-state index is 1.09. The molecule has 0 spiro atoms. The van der Waals surface area contributed by atoms with E-state index >= 15 is 0 Å². The van der Waals surface area contributed by atoms with Gasteiger partial charge in [-0.05, 0) is 36.8 Å². The molecule has 1 heterocycles. The monoisotopic (exact) mass is 333 g/mol. The molecule has 1 aliphatic heterocycles. The first-order valence-electron chi connectivity index (χ1n) is 6.63. The fourth-order valence-electron chi connectivity index (χ4n) is 2.36. The van der Waals surface area contributed by atoms with Crippen LogP contribution in [0.1, 0.15) is 19.8 Å². The van der Waals surface area contributed by atoms with E-state index in [2.05, 4.69) is 70.2 Å². The van der Waals surface area contributed by atoms with Crippen molar-refractivity contribution in [2.75, 3.05) is 11.4 Å². The molecule has 0 atom stereocenters. The molecule has 98 valence electrons. The highest BCUT2D eigenvalue weighted by molar-refractivity contribution is 9.10. The fourth-order valence-corrected chi connectivity index (χ4v) is 4.01. The van der Waals surface area contributed by atoms with E-state index in [-0.39, 0.29) is 0 Å². The third-order valence-corrected chi connectivity index (χ3v) is 4.93. The Kier molecular flexibility index (Phi) is 3.85. The predicted molar refractivity (Wildman–Crippen MR) is 86.6 cm³/mol. The number of benzene rings is 2. The topological polar surface area (TPSA) is 3.24 Å². The smallest absolute Gasteiger partial charge is 0.0553 e. The Labute approximate surface area is 127 Å². The Bertz CT molecular complexity index is 597. The maximum Gasteiger partial charge on any atom is 0.0553 e. The van der Waals surface area contributed by atoms with Gasteiger partial charge in [-0.15, -0.1) is 0 Å². The largest absolute Gasteiger partial charge is 0.340 e. The standard InChI is InChI=1S/C16H16BrNS/c1-2-3-10-18-13-6-4-5-7-15(13)19-16-11-12(17)8-9-14(16)18/h4-9,11H,2-3,10H2,1H3. The maximum absolute atomic E-state index is 3.57. The zero-order valence-electron chi connectivity index (χ0n) is 10.9. The van der Waals surface area contributed by atoms with Gasteiger partial charge < -0.3 is 4.90 Å². The summed E-state index contributed by atoms with van der Waals surface area (Å²) in [5.41, 5.74) is 2.68. The van der Waals surface area contributed by atoms with Crippen LogP contribution in [0, 0.1) is 0 Å². The van der Waals surface area contributed by atoms with E-state index < -0.39 is 0 Å². The van der Waals surface area contributed by atoms with Gasteiger partial charge in [-0.3, -0.25) is 0 Å². The maximum atomic E-state index is 3.57. The summed E-state index contributed by atoms with van der Waals surface area (Å²) in [6.07, 6.45) is 2.44. The van der Waals surface area contributed by atoms with E-state index in [1.165, 1.54) is 34.0 Å². The van der Waals surface area contributed by atoms with Gasteiger partial charge in [-0.1, -0.05) is 53.2 Å². The number of fused-ring (bicyclic) bond motifs is 2. The van der Waals surface area contributed by atoms with Crippen molar-refractivity contribution in [1.29, 1.82) is 0 Å². The first-order chi connectivity index (χ1) is 9.29. The van der Waals surface area contributed by atoms with Crippen LogP contribution < -0.4 is 4.90 Å². The van der Waals surface area contributed by atoms with Crippen LogP contribution in [0.25, 0.3) is 0 Å². The summed E-state index contributed by atoms with van der Waals surface area (Å²) in [4.78, 5) is 5.14. The third kappa shape index (κ3) is 2.54. The fraction of sp³-hybridized carbons (Fsp3) is 0.250. The van der Waals surface area contributed by atoms with Crippen molar-refractivity contribution in [3.63, 3.8) is 0 Å². The first kappa shape index (κ1) is 13.1. The number of hydrogen-bond acceptors (Lipinski definition) is 2. The van der Waals surface area contributed by atoms with E-state index in [4.69, 9.17) is 0 Å². The van der Waals surface area contributed by atoms with Crippen LogP contribution in [0.2, 0.25) is 0 Å². The summed E-state index contributed by atoms with van der Waals surface area (Å²) in [7, 11) is 0. The van der Waals surface area contributed by atoms with E-state index in [9.17, 15) is 0 Å². The molecule has 3 heteroatoms. The number of rotatable bonds is 3. The second-order valence-corrected chi connectivity index (χ2v) is 6.69. The minimum atomic E-state index is 1.09. The Morgan fingerprint density at radius 2 is 1.84 bits per heavy atom. The summed E-state index contributed by atoms with van der Waals surface area (Å²) in [5.74, 6) is 0. The molecule has 0 fully saturated rings. The third-order valence-electron chi connectivity index (χ3n) is 3.32. The van der Waals surface area contributed by atoms with E-state index in [0.717, 1.165) is 11.0 Å². The normalized spacial score (nSPS) is 13.1. The molecule has 0 N–H and O–H groups in total. The molecule has 0 amide bonds. The highest BCUT2D eigenvalue weighted by atomic mass is 79.9. The molecule has 0 unspecified atom stereocenters. The van der Waals surface area contributed by atoms with E-state index in [0.29, 0.717) is 0 Å². The summed E-state index contributed by atoms with van der Waals surface area (Å²) >= 11 is 5.43. The summed E-state index contributed by atoms with van der Waals surface area (Å²) in [6.45, 7) is 3.33. The molecule has 0 saturated heterocycles. The minimum Gasteiger partial charge on any atom is -0.340 e. The van der Waals surface area contributed by atoms with E-state index in [1.807, 2.05) is 11.8 Å². The molecule has 1 nitrogen and oxygen atoms in total. The summed E-state index contributed by atoms with van der Waals surface area (Å²) in [6, 6.07) is 15.2. The molecular formula is C16H16BrNS. The lowest BCUT2D eigenvalue weighted by molar-refractivity contribution is 0.777. The number of unbranched alkanes of at least 4 members (excludes halogenated alkanes) is 1. The lowest BCUT2D eigenvalue weighted by atomic mass is 10.2. The Hall–Kier alpha value is -0.930. The van der Waals surface area contributed by atoms with Gasteiger partial charge in [-0.2, -0.15) is 0 Å². The zero-order valence-corrected chi connectivity index (χ0v) is 13.3. The van der Waals surface area contributed by atoms with Crippen molar-refractivity contribution >= 4 is 39.1 Å². The molecular weight excluding hydrogens is 318 g/mol. The number of nitrogens with zero attached hydrogens (tertiary/aromatic N) is 1. The molecule has 19 heavy (non-hydrogen) atoms. The van der Waals surface area contributed by atoms with Gasteiger partial charge in [-0.25, -0.2) is 0 Å². The van der Waals surface area contributed by atoms with Gasteiger partial charge in [0.25, 0.3) is 0 Å². The molecule has 0 aliphatic carbocycles. The van der Waals surface area contributed by atoms with Gasteiger partial charge in [0.15, 0.2) is 0 Å². The van der Waals surface area contributed by atoms with Crippen molar-refractivity contribution in [2.24, 2.45) is 0 Å². The number of anilines is 2. The van der Waals surface area contributed by atoms with Crippen LogP contribution in [0.3, 0.4) is 0 Å². The van der Waals surface area contributed by atoms with Crippen LogP contribution in [-0.2, 0) is 0 Å². The molecule has 0 aromatic heterocycles. The predicted octanol–water partition coefficient (Wildman–Crippen LogP) is 5.85. The molecule has 0 bridgehead atoms. The lowest BCUT2D eigenvalue weighted by Crippen LogP contribution is -2.21. The summed E-state index contributed by atoms with van der Waals surface area (Å²) < 4.78 is 1.15. The van der Waals surface area contributed by atoms with Crippen LogP contribution in [-0.4, -0.2) is 6.54 Å². The van der Waals surface area contributed by atoms with Crippen molar-refractivity contribution < 1.29 is 0 Å².